The molecule has 0 bridgehead atoms. The number of anilines is 1. The lowest BCUT2D eigenvalue weighted by molar-refractivity contribution is -0.116. The van der Waals surface area contributed by atoms with Crippen molar-refractivity contribution in [2.24, 2.45) is 0 Å². The SMILES string of the molecule is COc1cccc(-n2nc(C)c(CCC(=O)Nc3ccc(F)cc3F)c2C)c1. The molecule has 0 aliphatic rings. The van der Waals surface area contributed by atoms with Crippen LogP contribution < -0.4 is 10.1 Å². The number of methoxy groups -OCH3 is 1. The molecule has 1 heterocycles. The number of hydrogen-bond acceptors (Lipinski definition) is 3. The van der Waals surface area contributed by atoms with Crippen molar-refractivity contribution in [3.05, 3.63) is 71.1 Å². The van der Waals surface area contributed by atoms with E-state index in [4.69, 9.17) is 4.74 Å². The van der Waals surface area contributed by atoms with Crippen LogP contribution in [0.2, 0.25) is 0 Å². The molecule has 0 atom stereocenters. The Kier molecular flexibility index (Phi) is 5.73. The molecule has 0 fully saturated rings. The summed E-state index contributed by atoms with van der Waals surface area (Å²) < 4.78 is 33.7. The third kappa shape index (κ3) is 4.19. The van der Waals surface area contributed by atoms with Crippen LogP contribution in [-0.2, 0) is 11.2 Å². The van der Waals surface area contributed by atoms with Crippen LogP contribution in [0.5, 0.6) is 5.75 Å². The Morgan fingerprint density at radius 1 is 1.18 bits per heavy atom. The summed E-state index contributed by atoms with van der Waals surface area (Å²) in [5.41, 5.74) is 3.53. The number of aryl methyl sites for hydroxylation is 1. The Bertz CT molecular complexity index is 1010. The zero-order valence-corrected chi connectivity index (χ0v) is 15.9. The van der Waals surface area contributed by atoms with Gasteiger partial charge in [0, 0.05) is 24.2 Å². The number of rotatable bonds is 6. The molecule has 0 spiro atoms. The molecule has 0 aliphatic carbocycles. The molecule has 146 valence electrons. The molecule has 1 aromatic heterocycles. The number of carbonyl (C=O) groups is 1. The lowest BCUT2D eigenvalue weighted by Gasteiger charge is -2.08. The summed E-state index contributed by atoms with van der Waals surface area (Å²) in [4.78, 5) is 12.2. The first-order chi connectivity index (χ1) is 13.4. The Morgan fingerprint density at radius 3 is 2.68 bits per heavy atom. The van der Waals surface area contributed by atoms with E-state index in [0.29, 0.717) is 6.42 Å². The standard InChI is InChI=1S/C21H21F2N3O2/c1-13-18(8-10-21(27)24-20-9-7-15(22)11-19(20)23)14(2)26(25-13)16-5-4-6-17(12-16)28-3/h4-7,9,11-12H,8,10H2,1-3H3,(H,24,27). The summed E-state index contributed by atoms with van der Waals surface area (Å²) in [6, 6.07) is 10.6. The van der Waals surface area contributed by atoms with Gasteiger partial charge in [-0.3, -0.25) is 4.79 Å². The lowest BCUT2D eigenvalue weighted by Crippen LogP contribution is -2.14. The topological polar surface area (TPSA) is 56.2 Å². The zero-order chi connectivity index (χ0) is 20.3. The van der Waals surface area contributed by atoms with Gasteiger partial charge in [0.25, 0.3) is 0 Å². The van der Waals surface area contributed by atoms with Crippen LogP contribution in [0.4, 0.5) is 14.5 Å². The maximum atomic E-state index is 13.7. The van der Waals surface area contributed by atoms with Gasteiger partial charge in [-0.25, -0.2) is 13.5 Å². The number of hydrogen-bond donors (Lipinski definition) is 1. The number of nitrogens with zero attached hydrogens (tertiary/aromatic N) is 2. The molecule has 1 N–H and O–H groups in total. The van der Waals surface area contributed by atoms with Crippen LogP contribution in [0.1, 0.15) is 23.4 Å². The number of halogens is 2. The fourth-order valence-corrected chi connectivity index (χ4v) is 3.07. The minimum absolute atomic E-state index is 0.0353. The first-order valence-corrected chi connectivity index (χ1v) is 8.83. The monoisotopic (exact) mass is 385 g/mol. The largest absolute Gasteiger partial charge is 0.497 e. The molecule has 2 aromatic carbocycles. The minimum Gasteiger partial charge on any atom is -0.497 e. The Balaban J connectivity index is 1.72. The highest BCUT2D eigenvalue weighted by Gasteiger charge is 2.15. The second-order valence-corrected chi connectivity index (χ2v) is 6.44. The average molecular weight is 385 g/mol. The van der Waals surface area contributed by atoms with E-state index < -0.39 is 11.6 Å². The van der Waals surface area contributed by atoms with Gasteiger partial charge in [-0.1, -0.05) is 6.07 Å². The van der Waals surface area contributed by atoms with Gasteiger partial charge in [0.15, 0.2) is 0 Å². The number of amides is 1. The average Bonchev–Trinajstić information content (AvgIpc) is 2.96. The predicted molar refractivity (Wildman–Crippen MR) is 103 cm³/mol. The maximum absolute atomic E-state index is 13.7. The Morgan fingerprint density at radius 2 is 1.96 bits per heavy atom. The van der Waals surface area contributed by atoms with E-state index in [9.17, 15) is 13.6 Å². The molecule has 0 saturated heterocycles. The van der Waals surface area contributed by atoms with Crippen LogP contribution in [0, 0.1) is 25.5 Å². The summed E-state index contributed by atoms with van der Waals surface area (Å²) in [5.74, 6) is -1.11. The summed E-state index contributed by atoms with van der Waals surface area (Å²) in [7, 11) is 1.61. The van der Waals surface area contributed by atoms with E-state index in [0.717, 1.165) is 40.5 Å². The maximum Gasteiger partial charge on any atom is 0.224 e. The van der Waals surface area contributed by atoms with Crippen molar-refractivity contribution in [3.63, 3.8) is 0 Å². The molecule has 0 radical (unpaired) electrons. The van der Waals surface area contributed by atoms with Crippen LogP contribution in [0.3, 0.4) is 0 Å². The van der Waals surface area contributed by atoms with Gasteiger partial charge in [-0.2, -0.15) is 5.10 Å². The van der Waals surface area contributed by atoms with Gasteiger partial charge < -0.3 is 10.1 Å². The fourth-order valence-electron chi connectivity index (χ4n) is 3.07. The summed E-state index contributed by atoms with van der Waals surface area (Å²) in [6.07, 6.45) is 0.610. The van der Waals surface area contributed by atoms with E-state index in [2.05, 4.69) is 10.4 Å². The number of nitrogens with one attached hydrogen (secondary N) is 1. The van der Waals surface area contributed by atoms with Crippen molar-refractivity contribution in [1.29, 1.82) is 0 Å². The van der Waals surface area contributed by atoms with Gasteiger partial charge in [0.2, 0.25) is 5.91 Å². The number of carbonyl (C=O) groups excluding carboxylic acids is 1. The van der Waals surface area contributed by atoms with E-state index in [-0.39, 0.29) is 18.0 Å². The van der Waals surface area contributed by atoms with Gasteiger partial charge >= 0.3 is 0 Å². The van der Waals surface area contributed by atoms with Crippen LogP contribution >= 0.6 is 0 Å². The summed E-state index contributed by atoms with van der Waals surface area (Å²) >= 11 is 0. The zero-order valence-electron chi connectivity index (χ0n) is 15.9. The van der Waals surface area contributed by atoms with Gasteiger partial charge in [0.05, 0.1) is 24.2 Å². The van der Waals surface area contributed by atoms with Crippen molar-refractivity contribution in [2.45, 2.75) is 26.7 Å². The first-order valence-electron chi connectivity index (χ1n) is 8.83. The minimum atomic E-state index is -0.799. The number of ether oxygens (including phenoxy) is 1. The quantitative estimate of drug-likeness (QED) is 0.686. The van der Waals surface area contributed by atoms with Crippen molar-refractivity contribution < 1.29 is 18.3 Å². The first kappa shape index (κ1) is 19.5. The highest BCUT2D eigenvalue weighted by Crippen LogP contribution is 2.22. The second-order valence-electron chi connectivity index (χ2n) is 6.44. The number of aromatic nitrogens is 2. The van der Waals surface area contributed by atoms with Crippen molar-refractivity contribution in [3.8, 4) is 11.4 Å². The molecule has 3 aromatic rings. The summed E-state index contributed by atoms with van der Waals surface area (Å²) in [5, 5.41) is 7.05. The highest BCUT2D eigenvalue weighted by atomic mass is 19.1. The fraction of sp³-hybridized carbons (Fsp3) is 0.238. The molecule has 0 aliphatic heterocycles. The van der Waals surface area contributed by atoms with E-state index in [1.807, 2.05) is 42.8 Å². The molecular weight excluding hydrogens is 364 g/mol. The van der Waals surface area contributed by atoms with Crippen molar-refractivity contribution >= 4 is 11.6 Å². The van der Waals surface area contributed by atoms with Gasteiger partial charge in [-0.05, 0) is 50.1 Å². The molecule has 0 unspecified atom stereocenters. The molecular formula is C21H21F2N3O2. The third-order valence-electron chi connectivity index (χ3n) is 4.55. The van der Waals surface area contributed by atoms with E-state index >= 15 is 0 Å². The molecule has 0 saturated carbocycles. The Labute approximate surface area is 161 Å². The molecule has 3 rings (SSSR count). The van der Waals surface area contributed by atoms with E-state index in [1.165, 1.54) is 6.07 Å². The molecule has 7 heteroatoms. The molecule has 1 amide bonds. The van der Waals surface area contributed by atoms with E-state index in [1.54, 1.807) is 7.11 Å². The van der Waals surface area contributed by atoms with Crippen molar-refractivity contribution in [1.82, 2.24) is 9.78 Å². The van der Waals surface area contributed by atoms with Crippen LogP contribution in [0.25, 0.3) is 5.69 Å². The third-order valence-corrected chi connectivity index (χ3v) is 4.55. The van der Waals surface area contributed by atoms with Crippen LogP contribution in [0.15, 0.2) is 42.5 Å². The normalized spacial score (nSPS) is 10.8. The smallest absolute Gasteiger partial charge is 0.224 e. The van der Waals surface area contributed by atoms with Crippen LogP contribution in [-0.4, -0.2) is 22.8 Å². The molecule has 5 nitrogen and oxygen atoms in total. The highest BCUT2D eigenvalue weighted by molar-refractivity contribution is 5.90. The Hall–Kier alpha value is -3.22. The second kappa shape index (κ2) is 8.21. The number of benzene rings is 2. The molecule has 28 heavy (non-hydrogen) atoms. The predicted octanol–water partition coefficient (Wildman–Crippen LogP) is 4.35. The summed E-state index contributed by atoms with van der Waals surface area (Å²) in [6.45, 7) is 3.82. The van der Waals surface area contributed by atoms with Gasteiger partial charge in [0.1, 0.15) is 17.4 Å². The van der Waals surface area contributed by atoms with Crippen molar-refractivity contribution in [2.75, 3.05) is 12.4 Å². The van der Waals surface area contributed by atoms with Gasteiger partial charge in [-0.15, -0.1) is 0 Å². The lowest BCUT2D eigenvalue weighted by atomic mass is 10.1.